The zero-order valence-electron chi connectivity index (χ0n) is 16.1. The lowest BCUT2D eigenvalue weighted by Gasteiger charge is -2.43. The van der Waals surface area contributed by atoms with Gasteiger partial charge in [-0.15, -0.1) is 0 Å². The normalized spacial score (nSPS) is 23.7. The van der Waals surface area contributed by atoms with E-state index in [9.17, 15) is 9.18 Å². The van der Waals surface area contributed by atoms with E-state index in [0.717, 1.165) is 32.4 Å². The third kappa shape index (κ3) is 3.79. The van der Waals surface area contributed by atoms with Crippen LogP contribution >= 0.6 is 0 Å². The number of likely N-dealkylation sites (tertiary alicyclic amines) is 1. The van der Waals surface area contributed by atoms with Gasteiger partial charge in [0.25, 0.3) is 5.89 Å². The zero-order valence-corrected chi connectivity index (χ0v) is 16.1. The van der Waals surface area contributed by atoms with Crippen LogP contribution in [0.2, 0.25) is 0 Å². The monoisotopic (exact) mass is 388 g/mol. The number of hydrogen-bond donors (Lipinski definition) is 0. The van der Waals surface area contributed by atoms with Crippen molar-refractivity contribution in [1.29, 1.82) is 0 Å². The number of benzene rings is 1. The first kappa shape index (κ1) is 19.0. The van der Waals surface area contributed by atoms with Crippen LogP contribution in [-0.2, 0) is 15.1 Å². The molecule has 1 aromatic heterocycles. The Morgan fingerprint density at radius 3 is 2.68 bits per heavy atom. The van der Waals surface area contributed by atoms with Gasteiger partial charge >= 0.3 is 0 Å². The van der Waals surface area contributed by atoms with E-state index in [4.69, 9.17) is 9.26 Å². The van der Waals surface area contributed by atoms with E-state index in [-0.39, 0.29) is 11.7 Å². The second-order valence-electron chi connectivity index (χ2n) is 7.59. The highest BCUT2D eigenvalue weighted by Gasteiger charge is 2.43. The lowest BCUT2D eigenvalue weighted by molar-refractivity contribution is -0.142. The summed E-state index contributed by atoms with van der Waals surface area (Å²) in [5, 5.41) is 4.18. The highest BCUT2D eigenvalue weighted by molar-refractivity contribution is 5.79. The number of hydrogen-bond acceptors (Lipinski definition) is 6. The van der Waals surface area contributed by atoms with E-state index in [0.29, 0.717) is 43.6 Å². The van der Waals surface area contributed by atoms with E-state index in [2.05, 4.69) is 15.0 Å². The lowest BCUT2D eigenvalue weighted by Crippen LogP contribution is -2.54. The molecule has 2 aliphatic rings. The molecule has 0 aliphatic carbocycles. The molecule has 0 radical (unpaired) electrons. The van der Waals surface area contributed by atoms with Gasteiger partial charge in [-0.3, -0.25) is 9.69 Å². The molecule has 150 valence electrons. The SMILES string of the molecule is CC1(c2noc(-c3ccc(F)cc3)n2)CCCCN1C(=O)CN1CCOCC1. The van der Waals surface area contributed by atoms with Crippen molar-refractivity contribution >= 4 is 5.91 Å². The number of carbonyl (C=O) groups excluding carboxylic acids is 1. The minimum absolute atomic E-state index is 0.0808. The Balaban J connectivity index is 1.55. The first-order chi connectivity index (χ1) is 13.6. The highest BCUT2D eigenvalue weighted by Crippen LogP contribution is 2.36. The van der Waals surface area contributed by atoms with Crippen molar-refractivity contribution < 1.29 is 18.4 Å². The number of nitrogens with zero attached hydrogens (tertiary/aromatic N) is 4. The van der Waals surface area contributed by atoms with Crippen LogP contribution in [0.5, 0.6) is 0 Å². The average molecular weight is 388 g/mol. The summed E-state index contributed by atoms with van der Waals surface area (Å²) in [6.45, 7) is 5.93. The van der Waals surface area contributed by atoms with Crippen LogP contribution in [0.3, 0.4) is 0 Å². The molecule has 0 N–H and O–H groups in total. The van der Waals surface area contributed by atoms with Gasteiger partial charge in [-0.1, -0.05) is 5.16 Å². The van der Waals surface area contributed by atoms with Crippen LogP contribution in [0.15, 0.2) is 28.8 Å². The van der Waals surface area contributed by atoms with Crippen molar-refractivity contribution in [2.75, 3.05) is 39.4 Å². The van der Waals surface area contributed by atoms with Crippen LogP contribution in [0.25, 0.3) is 11.5 Å². The third-order valence-electron chi connectivity index (χ3n) is 5.65. The molecule has 1 amide bonds. The molecular weight excluding hydrogens is 363 g/mol. The highest BCUT2D eigenvalue weighted by atomic mass is 19.1. The van der Waals surface area contributed by atoms with Crippen LogP contribution < -0.4 is 0 Å². The summed E-state index contributed by atoms with van der Waals surface area (Å²) in [5.74, 6) is 0.601. The number of piperidine rings is 1. The molecular formula is C20H25FN4O3. The molecule has 2 saturated heterocycles. The second kappa shape index (κ2) is 7.97. The maximum absolute atomic E-state index is 13.2. The van der Waals surface area contributed by atoms with Gasteiger partial charge in [0.15, 0.2) is 5.82 Å². The Morgan fingerprint density at radius 1 is 1.18 bits per heavy atom. The minimum atomic E-state index is -0.608. The van der Waals surface area contributed by atoms with Gasteiger partial charge in [-0.2, -0.15) is 4.98 Å². The molecule has 3 heterocycles. The van der Waals surface area contributed by atoms with Crippen LogP contribution in [0.4, 0.5) is 4.39 Å². The van der Waals surface area contributed by atoms with Gasteiger partial charge in [0.1, 0.15) is 11.4 Å². The van der Waals surface area contributed by atoms with Gasteiger partial charge in [-0.25, -0.2) is 4.39 Å². The molecule has 2 fully saturated rings. The molecule has 2 aromatic rings. The Labute approximate surface area is 163 Å². The number of carbonyl (C=O) groups is 1. The third-order valence-corrected chi connectivity index (χ3v) is 5.65. The van der Waals surface area contributed by atoms with E-state index in [1.54, 1.807) is 12.1 Å². The number of morpholine rings is 1. The lowest BCUT2D eigenvalue weighted by atomic mass is 9.87. The van der Waals surface area contributed by atoms with E-state index >= 15 is 0 Å². The quantitative estimate of drug-likeness (QED) is 0.801. The van der Waals surface area contributed by atoms with Crippen LogP contribution in [0.1, 0.15) is 32.0 Å². The summed E-state index contributed by atoms with van der Waals surface area (Å²) in [4.78, 5) is 21.7. The maximum Gasteiger partial charge on any atom is 0.258 e. The van der Waals surface area contributed by atoms with Crippen molar-refractivity contribution in [1.82, 2.24) is 19.9 Å². The fourth-order valence-corrected chi connectivity index (χ4v) is 3.94. The van der Waals surface area contributed by atoms with Crippen molar-refractivity contribution in [3.05, 3.63) is 35.9 Å². The first-order valence-corrected chi connectivity index (χ1v) is 9.77. The first-order valence-electron chi connectivity index (χ1n) is 9.77. The number of amides is 1. The number of aromatic nitrogens is 2. The smallest absolute Gasteiger partial charge is 0.258 e. The molecule has 0 spiro atoms. The molecule has 7 nitrogen and oxygen atoms in total. The van der Waals surface area contributed by atoms with Crippen molar-refractivity contribution in [2.24, 2.45) is 0 Å². The van der Waals surface area contributed by atoms with Gasteiger partial charge in [0, 0.05) is 25.2 Å². The maximum atomic E-state index is 13.2. The summed E-state index contributed by atoms with van der Waals surface area (Å²) in [5.41, 5.74) is 0.0504. The minimum Gasteiger partial charge on any atom is -0.379 e. The van der Waals surface area contributed by atoms with E-state index in [1.165, 1.54) is 12.1 Å². The standard InChI is InChI=1S/C20H25FN4O3/c1-20(19-22-18(28-23-19)15-4-6-16(21)7-5-15)8-2-3-9-25(20)17(26)14-24-10-12-27-13-11-24/h4-7H,2-3,8-14H2,1H3. The van der Waals surface area contributed by atoms with Crippen molar-refractivity contribution in [3.8, 4) is 11.5 Å². The number of rotatable bonds is 4. The van der Waals surface area contributed by atoms with Crippen molar-refractivity contribution in [2.45, 2.75) is 31.7 Å². The summed E-state index contributed by atoms with van der Waals surface area (Å²) < 4.78 is 24.0. The fraction of sp³-hybridized carbons (Fsp3) is 0.550. The number of ether oxygens (including phenoxy) is 1. The Morgan fingerprint density at radius 2 is 1.93 bits per heavy atom. The predicted molar refractivity (Wildman–Crippen MR) is 99.9 cm³/mol. The predicted octanol–water partition coefficient (Wildman–Crippen LogP) is 2.44. The van der Waals surface area contributed by atoms with Crippen molar-refractivity contribution in [3.63, 3.8) is 0 Å². The molecule has 28 heavy (non-hydrogen) atoms. The number of halogens is 1. The van der Waals surface area contributed by atoms with Gasteiger partial charge in [0.05, 0.1) is 19.8 Å². The van der Waals surface area contributed by atoms with Crippen LogP contribution in [0, 0.1) is 5.82 Å². The zero-order chi connectivity index (χ0) is 19.6. The molecule has 1 atom stereocenters. The average Bonchev–Trinajstić information content (AvgIpc) is 3.21. The molecule has 0 saturated carbocycles. The van der Waals surface area contributed by atoms with E-state index < -0.39 is 5.54 Å². The Kier molecular flexibility index (Phi) is 5.41. The summed E-state index contributed by atoms with van der Waals surface area (Å²) in [6, 6.07) is 5.94. The van der Waals surface area contributed by atoms with Crippen LogP contribution in [-0.4, -0.2) is 65.2 Å². The molecule has 8 heteroatoms. The summed E-state index contributed by atoms with van der Waals surface area (Å²) in [7, 11) is 0. The topological polar surface area (TPSA) is 71.7 Å². The molecule has 2 aliphatic heterocycles. The van der Waals surface area contributed by atoms with Gasteiger partial charge in [0.2, 0.25) is 5.91 Å². The molecule has 4 rings (SSSR count). The Bertz CT molecular complexity index is 819. The molecule has 1 unspecified atom stereocenters. The fourth-order valence-electron chi connectivity index (χ4n) is 3.94. The Hall–Kier alpha value is -2.32. The largest absolute Gasteiger partial charge is 0.379 e. The van der Waals surface area contributed by atoms with Gasteiger partial charge in [-0.05, 0) is 50.5 Å². The summed E-state index contributed by atoms with van der Waals surface area (Å²) in [6.07, 6.45) is 2.75. The molecule has 0 bridgehead atoms. The molecule has 1 aromatic carbocycles. The van der Waals surface area contributed by atoms with Gasteiger partial charge < -0.3 is 14.2 Å². The summed E-state index contributed by atoms with van der Waals surface area (Å²) >= 11 is 0. The van der Waals surface area contributed by atoms with E-state index in [1.807, 2.05) is 11.8 Å². The second-order valence-corrected chi connectivity index (χ2v) is 7.59.